The second-order valence-electron chi connectivity index (χ2n) is 4.44. The highest BCUT2D eigenvalue weighted by molar-refractivity contribution is 9.10. The molecule has 1 aromatic carbocycles. The van der Waals surface area contributed by atoms with Gasteiger partial charge in [-0.05, 0) is 18.2 Å². The minimum absolute atomic E-state index is 0.126. The molecular weight excluding hydrogens is 312 g/mol. The molecule has 0 spiro atoms. The molecule has 2 rings (SSSR count). The molecule has 6 heteroatoms. The van der Waals surface area contributed by atoms with Gasteiger partial charge in [-0.1, -0.05) is 22.0 Å². The number of hydrogen-bond acceptors (Lipinski definition) is 3. The van der Waals surface area contributed by atoms with Crippen molar-refractivity contribution in [2.75, 3.05) is 20.1 Å². The molecule has 1 atom stereocenters. The summed E-state index contributed by atoms with van der Waals surface area (Å²) in [7, 11) is 1.70. The number of cyclic esters (lactones) is 1. The van der Waals surface area contributed by atoms with E-state index in [0.29, 0.717) is 25.1 Å². The van der Waals surface area contributed by atoms with Crippen molar-refractivity contribution in [2.24, 2.45) is 0 Å². The third kappa shape index (κ3) is 3.70. The quantitative estimate of drug-likeness (QED) is 0.920. The van der Waals surface area contributed by atoms with Gasteiger partial charge in [0.25, 0.3) is 5.91 Å². The maximum absolute atomic E-state index is 11.8. The monoisotopic (exact) mass is 326 g/mol. The van der Waals surface area contributed by atoms with Crippen molar-refractivity contribution in [1.29, 1.82) is 0 Å². The molecule has 1 unspecified atom stereocenters. The summed E-state index contributed by atoms with van der Waals surface area (Å²) in [5.41, 5.74) is 0.606. The van der Waals surface area contributed by atoms with Gasteiger partial charge in [0.05, 0.1) is 6.54 Å². The Bertz CT molecular complexity index is 493. The van der Waals surface area contributed by atoms with E-state index in [0.717, 1.165) is 4.47 Å². The first-order valence-corrected chi connectivity index (χ1v) is 6.81. The lowest BCUT2D eigenvalue weighted by Crippen LogP contribution is -2.28. The molecule has 1 fully saturated rings. The second-order valence-corrected chi connectivity index (χ2v) is 5.36. The highest BCUT2D eigenvalue weighted by Crippen LogP contribution is 2.13. The number of halogens is 1. The van der Waals surface area contributed by atoms with E-state index in [1.165, 1.54) is 4.90 Å². The Morgan fingerprint density at radius 2 is 2.37 bits per heavy atom. The molecule has 1 N–H and O–H groups in total. The summed E-state index contributed by atoms with van der Waals surface area (Å²) in [6.45, 7) is 1.06. The molecule has 0 radical (unpaired) electrons. The maximum atomic E-state index is 11.8. The van der Waals surface area contributed by atoms with Crippen molar-refractivity contribution < 1.29 is 14.3 Å². The minimum atomic E-state index is -0.302. The molecule has 0 saturated carbocycles. The van der Waals surface area contributed by atoms with Gasteiger partial charge in [-0.3, -0.25) is 4.79 Å². The van der Waals surface area contributed by atoms with Crippen LogP contribution in [0.1, 0.15) is 16.8 Å². The molecule has 5 nitrogen and oxygen atoms in total. The molecule has 1 saturated heterocycles. The molecule has 102 valence electrons. The molecule has 1 aliphatic heterocycles. The third-order valence-corrected chi connectivity index (χ3v) is 3.39. The van der Waals surface area contributed by atoms with Gasteiger partial charge < -0.3 is 15.0 Å². The highest BCUT2D eigenvalue weighted by atomic mass is 79.9. The summed E-state index contributed by atoms with van der Waals surface area (Å²) in [4.78, 5) is 24.5. The lowest BCUT2D eigenvalue weighted by molar-refractivity contribution is 0.0944. The first kappa shape index (κ1) is 13.9. The second kappa shape index (κ2) is 6.06. The summed E-state index contributed by atoms with van der Waals surface area (Å²) in [5, 5.41) is 2.81. The SMILES string of the molecule is CN1CC(CCNC(=O)c2cccc(Br)c2)OC1=O. The van der Waals surface area contributed by atoms with Crippen LogP contribution in [0.3, 0.4) is 0 Å². The molecule has 0 aromatic heterocycles. The average Bonchev–Trinajstić information content (AvgIpc) is 2.68. The van der Waals surface area contributed by atoms with Gasteiger partial charge in [-0.15, -0.1) is 0 Å². The highest BCUT2D eigenvalue weighted by Gasteiger charge is 2.27. The predicted octanol–water partition coefficient (Wildman–Crippen LogP) is 2.02. The van der Waals surface area contributed by atoms with Crippen LogP contribution in [0.25, 0.3) is 0 Å². The van der Waals surface area contributed by atoms with Crippen LogP contribution in [-0.4, -0.2) is 43.1 Å². The Kier molecular flexibility index (Phi) is 4.42. The maximum Gasteiger partial charge on any atom is 0.409 e. The van der Waals surface area contributed by atoms with E-state index in [-0.39, 0.29) is 18.1 Å². The molecule has 2 amide bonds. The van der Waals surface area contributed by atoms with Gasteiger partial charge in [0.15, 0.2) is 0 Å². The number of hydrogen-bond donors (Lipinski definition) is 1. The van der Waals surface area contributed by atoms with Crippen molar-refractivity contribution in [3.8, 4) is 0 Å². The Labute approximate surface area is 120 Å². The number of rotatable bonds is 4. The van der Waals surface area contributed by atoms with Crippen LogP contribution in [0.4, 0.5) is 4.79 Å². The van der Waals surface area contributed by atoms with Crippen LogP contribution in [-0.2, 0) is 4.74 Å². The lowest BCUT2D eigenvalue weighted by atomic mass is 10.2. The predicted molar refractivity (Wildman–Crippen MR) is 74.0 cm³/mol. The van der Waals surface area contributed by atoms with Crippen molar-refractivity contribution in [3.63, 3.8) is 0 Å². The van der Waals surface area contributed by atoms with Gasteiger partial charge in [0.1, 0.15) is 6.10 Å². The topological polar surface area (TPSA) is 58.6 Å². The number of carbonyl (C=O) groups is 2. The standard InChI is InChI=1S/C13H15BrN2O3/c1-16-8-11(19-13(16)18)5-6-15-12(17)9-3-2-4-10(14)7-9/h2-4,7,11H,5-6,8H2,1H3,(H,15,17). The zero-order valence-corrected chi connectivity index (χ0v) is 12.1. The number of nitrogens with zero attached hydrogens (tertiary/aromatic N) is 1. The molecule has 19 heavy (non-hydrogen) atoms. The number of likely N-dealkylation sites (N-methyl/N-ethyl adjacent to an activating group) is 1. The van der Waals surface area contributed by atoms with Gasteiger partial charge in [-0.2, -0.15) is 0 Å². The van der Waals surface area contributed by atoms with E-state index in [1.807, 2.05) is 12.1 Å². The smallest absolute Gasteiger partial charge is 0.409 e. The summed E-state index contributed by atoms with van der Waals surface area (Å²) in [5.74, 6) is -0.126. The number of amides is 2. The summed E-state index contributed by atoms with van der Waals surface area (Å²) >= 11 is 3.32. The average molecular weight is 327 g/mol. The van der Waals surface area contributed by atoms with Gasteiger partial charge in [0, 0.05) is 30.0 Å². The molecule has 1 heterocycles. The zero-order chi connectivity index (χ0) is 13.8. The largest absolute Gasteiger partial charge is 0.444 e. The molecule has 0 aliphatic carbocycles. The first-order valence-electron chi connectivity index (χ1n) is 6.02. The summed E-state index contributed by atoms with van der Waals surface area (Å²) in [6, 6.07) is 7.19. The number of nitrogens with one attached hydrogen (secondary N) is 1. The van der Waals surface area contributed by atoms with Crippen LogP contribution >= 0.6 is 15.9 Å². The minimum Gasteiger partial charge on any atom is -0.444 e. The Morgan fingerprint density at radius 3 is 3.00 bits per heavy atom. The van der Waals surface area contributed by atoms with E-state index >= 15 is 0 Å². The fraction of sp³-hybridized carbons (Fsp3) is 0.385. The van der Waals surface area contributed by atoms with E-state index in [4.69, 9.17) is 4.74 Å². The fourth-order valence-corrected chi connectivity index (χ4v) is 2.28. The van der Waals surface area contributed by atoms with E-state index in [2.05, 4.69) is 21.2 Å². The Morgan fingerprint density at radius 1 is 1.58 bits per heavy atom. The zero-order valence-electron chi connectivity index (χ0n) is 10.6. The Hall–Kier alpha value is -1.56. The van der Waals surface area contributed by atoms with Crippen LogP contribution in [0.5, 0.6) is 0 Å². The fourth-order valence-electron chi connectivity index (χ4n) is 1.88. The summed E-state index contributed by atoms with van der Waals surface area (Å²) in [6.07, 6.45) is 0.180. The van der Waals surface area contributed by atoms with Gasteiger partial charge in [0.2, 0.25) is 0 Å². The van der Waals surface area contributed by atoms with Crippen molar-refractivity contribution >= 4 is 27.9 Å². The Balaban J connectivity index is 1.77. The number of ether oxygens (including phenoxy) is 1. The van der Waals surface area contributed by atoms with Crippen LogP contribution in [0.2, 0.25) is 0 Å². The van der Waals surface area contributed by atoms with Crippen LogP contribution in [0, 0.1) is 0 Å². The lowest BCUT2D eigenvalue weighted by Gasteiger charge is -2.09. The van der Waals surface area contributed by atoms with Crippen LogP contribution < -0.4 is 5.32 Å². The summed E-state index contributed by atoms with van der Waals surface area (Å²) < 4.78 is 5.98. The van der Waals surface area contributed by atoms with Crippen molar-refractivity contribution in [1.82, 2.24) is 10.2 Å². The van der Waals surface area contributed by atoms with E-state index in [9.17, 15) is 9.59 Å². The van der Waals surface area contributed by atoms with Gasteiger partial charge >= 0.3 is 6.09 Å². The van der Waals surface area contributed by atoms with E-state index < -0.39 is 0 Å². The van der Waals surface area contributed by atoms with Crippen molar-refractivity contribution in [2.45, 2.75) is 12.5 Å². The van der Waals surface area contributed by atoms with E-state index in [1.54, 1.807) is 19.2 Å². The van der Waals surface area contributed by atoms with Crippen molar-refractivity contribution in [3.05, 3.63) is 34.3 Å². The van der Waals surface area contributed by atoms with Gasteiger partial charge in [-0.25, -0.2) is 4.79 Å². The molecular formula is C13H15BrN2O3. The molecule has 1 aliphatic rings. The van der Waals surface area contributed by atoms with Crippen LogP contribution in [0.15, 0.2) is 28.7 Å². The number of benzene rings is 1. The third-order valence-electron chi connectivity index (χ3n) is 2.90. The number of carbonyl (C=O) groups excluding carboxylic acids is 2. The normalized spacial score (nSPS) is 18.3. The molecule has 0 bridgehead atoms. The molecule has 1 aromatic rings. The first-order chi connectivity index (χ1) is 9.06.